The van der Waals surface area contributed by atoms with E-state index in [0.29, 0.717) is 11.7 Å². The highest BCUT2D eigenvalue weighted by molar-refractivity contribution is 5.35. The molecule has 0 spiro atoms. The van der Waals surface area contributed by atoms with Crippen LogP contribution in [-0.4, -0.2) is 23.8 Å². The predicted octanol–water partition coefficient (Wildman–Crippen LogP) is 2.01. The van der Waals surface area contributed by atoms with Gasteiger partial charge >= 0.3 is 0 Å². The first-order chi connectivity index (χ1) is 9.29. The minimum absolute atomic E-state index is 0.121. The van der Waals surface area contributed by atoms with Gasteiger partial charge in [0.15, 0.2) is 5.82 Å². The van der Waals surface area contributed by atoms with Crippen LogP contribution in [0.15, 0.2) is 28.8 Å². The number of hydrogen-bond donors (Lipinski definition) is 1. The Kier molecular flexibility index (Phi) is 3.31. The van der Waals surface area contributed by atoms with Crippen molar-refractivity contribution in [2.45, 2.75) is 25.5 Å². The van der Waals surface area contributed by atoms with Crippen LogP contribution in [0.5, 0.6) is 0 Å². The third-order valence-corrected chi connectivity index (χ3v) is 3.57. The van der Waals surface area contributed by atoms with Gasteiger partial charge in [-0.2, -0.15) is 4.98 Å². The molecule has 0 radical (unpaired) electrons. The number of nitrogens with zero attached hydrogens (tertiary/aromatic N) is 2. The first kappa shape index (κ1) is 12.3. The molecule has 1 aliphatic heterocycles. The number of hydrogen-bond acceptors (Lipinski definition) is 5. The Morgan fingerprint density at radius 3 is 3.11 bits per heavy atom. The standard InChI is InChI=1S/C14H17N3O2/c1-9(18-2)13-16-14(19-17-13)12-8-15-7-10-5-3-4-6-11(10)12/h3-6,9,12,15H,7-8H2,1-2H3. The average Bonchev–Trinajstić information content (AvgIpc) is 2.95. The van der Waals surface area contributed by atoms with Crippen LogP contribution in [0, 0.1) is 0 Å². The molecule has 5 nitrogen and oxygen atoms in total. The van der Waals surface area contributed by atoms with Crippen LogP contribution in [0.4, 0.5) is 0 Å². The Morgan fingerprint density at radius 2 is 2.26 bits per heavy atom. The van der Waals surface area contributed by atoms with Gasteiger partial charge in [0.05, 0.1) is 5.92 Å². The lowest BCUT2D eigenvalue weighted by atomic mass is 9.91. The van der Waals surface area contributed by atoms with E-state index >= 15 is 0 Å². The highest BCUT2D eigenvalue weighted by atomic mass is 16.5. The molecule has 5 heteroatoms. The molecular formula is C14H17N3O2. The molecule has 19 heavy (non-hydrogen) atoms. The molecule has 2 unspecified atom stereocenters. The Bertz CT molecular complexity index is 567. The van der Waals surface area contributed by atoms with Gasteiger partial charge in [-0.25, -0.2) is 0 Å². The molecule has 3 rings (SSSR count). The van der Waals surface area contributed by atoms with Gasteiger partial charge < -0.3 is 14.6 Å². The van der Waals surface area contributed by atoms with E-state index in [2.05, 4.69) is 33.7 Å². The van der Waals surface area contributed by atoms with Gasteiger partial charge in [-0.05, 0) is 18.1 Å². The maximum Gasteiger partial charge on any atom is 0.235 e. The average molecular weight is 259 g/mol. The lowest BCUT2D eigenvalue weighted by Gasteiger charge is -2.23. The van der Waals surface area contributed by atoms with E-state index < -0.39 is 0 Å². The van der Waals surface area contributed by atoms with Gasteiger partial charge in [-0.3, -0.25) is 0 Å². The molecule has 0 fully saturated rings. The second-order valence-electron chi connectivity index (χ2n) is 4.75. The van der Waals surface area contributed by atoms with Crippen molar-refractivity contribution in [1.29, 1.82) is 0 Å². The molecule has 100 valence electrons. The van der Waals surface area contributed by atoms with Crippen LogP contribution in [0.3, 0.4) is 0 Å². The second-order valence-corrected chi connectivity index (χ2v) is 4.75. The summed E-state index contributed by atoms with van der Waals surface area (Å²) >= 11 is 0. The molecule has 1 aliphatic rings. The fourth-order valence-corrected chi connectivity index (χ4v) is 2.38. The Morgan fingerprint density at radius 1 is 1.42 bits per heavy atom. The molecule has 0 amide bonds. The molecule has 2 aromatic rings. The summed E-state index contributed by atoms with van der Waals surface area (Å²) in [6, 6.07) is 8.36. The van der Waals surface area contributed by atoms with Crippen molar-refractivity contribution in [3.05, 3.63) is 47.1 Å². The zero-order valence-corrected chi connectivity index (χ0v) is 11.1. The fourth-order valence-electron chi connectivity index (χ4n) is 2.38. The lowest BCUT2D eigenvalue weighted by Crippen LogP contribution is -2.28. The molecule has 0 aliphatic carbocycles. The summed E-state index contributed by atoms with van der Waals surface area (Å²) in [6.07, 6.45) is -0.149. The largest absolute Gasteiger partial charge is 0.374 e. The van der Waals surface area contributed by atoms with Crippen LogP contribution < -0.4 is 5.32 Å². The van der Waals surface area contributed by atoms with Crippen molar-refractivity contribution in [3.8, 4) is 0 Å². The van der Waals surface area contributed by atoms with Crippen LogP contribution in [0.1, 0.15) is 41.8 Å². The highest BCUT2D eigenvalue weighted by Crippen LogP contribution is 2.29. The van der Waals surface area contributed by atoms with E-state index in [1.54, 1.807) is 7.11 Å². The Labute approximate surface area is 112 Å². The predicted molar refractivity (Wildman–Crippen MR) is 69.7 cm³/mol. The van der Waals surface area contributed by atoms with Gasteiger partial charge in [0, 0.05) is 20.2 Å². The molecule has 1 aromatic heterocycles. The van der Waals surface area contributed by atoms with Crippen molar-refractivity contribution >= 4 is 0 Å². The minimum Gasteiger partial charge on any atom is -0.374 e. The highest BCUT2D eigenvalue weighted by Gasteiger charge is 2.27. The van der Waals surface area contributed by atoms with E-state index in [-0.39, 0.29) is 12.0 Å². The molecular weight excluding hydrogens is 242 g/mol. The molecule has 1 N–H and O–H groups in total. The third-order valence-electron chi connectivity index (χ3n) is 3.57. The van der Waals surface area contributed by atoms with Crippen LogP contribution in [0.25, 0.3) is 0 Å². The van der Waals surface area contributed by atoms with Gasteiger partial charge in [-0.15, -0.1) is 0 Å². The molecule has 0 bridgehead atoms. The lowest BCUT2D eigenvalue weighted by molar-refractivity contribution is 0.109. The third kappa shape index (κ3) is 2.27. The van der Waals surface area contributed by atoms with Crippen molar-refractivity contribution in [2.75, 3.05) is 13.7 Å². The summed E-state index contributed by atoms with van der Waals surface area (Å²) in [4.78, 5) is 4.46. The van der Waals surface area contributed by atoms with Crippen molar-refractivity contribution < 1.29 is 9.26 Å². The number of fused-ring (bicyclic) bond motifs is 1. The number of aromatic nitrogens is 2. The van der Waals surface area contributed by atoms with E-state index in [1.165, 1.54) is 11.1 Å². The van der Waals surface area contributed by atoms with Crippen molar-refractivity contribution in [1.82, 2.24) is 15.5 Å². The zero-order chi connectivity index (χ0) is 13.2. The SMILES string of the molecule is COC(C)c1noc(C2CNCc3ccccc32)n1. The van der Waals surface area contributed by atoms with E-state index in [0.717, 1.165) is 13.1 Å². The summed E-state index contributed by atoms with van der Waals surface area (Å²) < 4.78 is 10.6. The first-order valence-corrected chi connectivity index (χ1v) is 6.44. The molecule has 0 saturated heterocycles. The maximum atomic E-state index is 5.40. The number of ether oxygens (including phenoxy) is 1. The van der Waals surface area contributed by atoms with Gasteiger partial charge in [0.25, 0.3) is 0 Å². The van der Waals surface area contributed by atoms with Crippen molar-refractivity contribution in [2.24, 2.45) is 0 Å². The summed E-state index contributed by atoms with van der Waals surface area (Å²) in [5.74, 6) is 1.37. The quantitative estimate of drug-likeness (QED) is 0.913. The Hall–Kier alpha value is -1.72. The smallest absolute Gasteiger partial charge is 0.235 e. The molecule has 1 aromatic carbocycles. The van der Waals surface area contributed by atoms with Crippen LogP contribution in [0.2, 0.25) is 0 Å². The monoisotopic (exact) mass is 259 g/mol. The van der Waals surface area contributed by atoms with Gasteiger partial charge in [-0.1, -0.05) is 29.4 Å². The fraction of sp³-hybridized carbons (Fsp3) is 0.429. The summed E-state index contributed by atoms with van der Waals surface area (Å²) in [5, 5.41) is 7.38. The molecule has 0 saturated carbocycles. The number of nitrogens with one attached hydrogen (secondary N) is 1. The maximum absolute atomic E-state index is 5.40. The topological polar surface area (TPSA) is 60.2 Å². The molecule has 2 heterocycles. The first-order valence-electron chi connectivity index (χ1n) is 6.44. The minimum atomic E-state index is -0.149. The zero-order valence-electron chi connectivity index (χ0n) is 11.1. The second kappa shape index (κ2) is 5.11. The summed E-state index contributed by atoms with van der Waals surface area (Å²) in [6.45, 7) is 3.61. The van der Waals surface area contributed by atoms with Gasteiger partial charge in [0.1, 0.15) is 6.10 Å². The van der Waals surface area contributed by atoms with Crippen molar-refractivity contribution in [3.63, 3.8) is 0 Å². The number of methoxy groups -OCH3 is 1. The Balaban J connectivity index is 1.93. The number of benzene rings is 1. The summed E-state index contributed by atoms with van der Waals surface area (Å²) in [5.41, 5.74) is 2.56. The van der Waals surface area contributed by atoms with Gasteiger partial charge in [0.2, 0.25) is 5.89 Å². The molecule has 2 atom stereocenters. The van der Waals surface area contributed by atoms with Crippen LogP contribution >= 0.6 is 0 Å². The normalized spacial score (nSPS) is 20.0. The summed E-state index contributed by atoms with van der Waals surface area (Å²) in [7, 11) is 1.64. The van der Waals surface area contributed by atoms with E-state index in [9.17, 15) is 0 Å². The number of rotatable bonds is 3. The van der Waals surface area contributed by atoms with E-state index in [1.807, 2.05) is 13.0 Å². The van der Waals surface area contributed by atoms with Crippen LogP contribution in [-0.2, 0) is 11.3 Å². The van der Waals surface area contributed by atoms with E-state index in [4.69, 9.17) is 9.26 Å².